The van der Waals surface area contributed by atoms with Gasteiger partial charge in [-0.15, -0.1) is 10.2 Å². The minimum atomic E-state index is -4.59. The second-order valence-electron chi connectivity index (χ2n) is 5.20. The monoisotopic (exact) mass is 334 g/mol. The Morgan fingerprint density at radius 1 is 1.35 bits per heavy atom. The van der Waals surface area contributed by atoms with Crippen LogP contribution in [-0.2, 0) is 24.1 Å². The summed E-state index contributed by atoms with van der Waals surface area (Å²) in [4.78, 5) is 24.7. The van der Waals surface area contributed by atoms with E-state index in [-0.39, 0.29) is 25.5 Å². The zero-order chi connectivity index (χ0) is 17.2. The zero-order valence-corrected chi connectivity index (χ0v) is 12.4. The van der Waals surface area contributed by atoms with Gasteiger partial charge in [0.05, 0.1) is 6.54 Å². The SMILES string of the molecule is CCC[C@@H](NC(N)=O)C(=O)N1CCn2c(nnc2C(F)(F)F)C1. The topological polar surface area (TPSA) is 106 Å². The molecule has 1 aromatic heterocycles. The molecule has 23 heavy (non-hydrogen) atoms. The number of hydrogen-bond donors (Lipinski definition) is 2. The molecule has 0 fully saturated rings. The molecule has 0 saturated heterocycles. The number of alkyl halides is 3. The maximum atomic E-state index is 12.8. The Balaban J connectivity index is 2.14. The van der Waals surface area contributed by atoms with Gasteiger partial charge in [0.15, 0.2) is 5.82 Å². The highest BCUT2D eigenvalue weighted by Crippen LogP contribution is 2.29. The Labute approximate surface area is 129 Å². The van der Waals surface area contributed by atoms with Crippen molar-refractivity contribution in [2.24, 2.45) is 5.73 Å². The van der Waals surface area contributed by atoms with Crippen molar-refractivity contribution in [2.75, 3.05) is 6.54 Å². The van der Waals surface area contributed by atoms with E-state index in [1.807, 2.05) is 6.92 Å². The number of rotatable bonds is 4. The predicted octanol–water partition coefficient (Wildman–Crippen LogP) is 0.476. The fourth-order valence-corrected chi connectivity index (χ4v) is 2.49. The van der Waals surface area contributed by atoms with Gasteiger partial charge >= 0.3 is 12.2 Å². The molecule has 11 heteroatoms. The number of nitrogens with two attached hydrogens (primary N) is 1. The van der Waals surface area contributed by atoms with Crippen molar-refractivity contribution in [1.82, 2.24) is 25.0 Å². The van der Waals surface area contributed by atoms with E-state index in [4.69, 9.17) is 5.73 Å². The lowest BCUT2D eigenvalue weighted by molar-refractivity contribution is -0.148. The Morgan fingerprint density at radius 2 is 2.04 bits per heavy atom. The normalized spacial score (nSPS) is 15.9. The first-order chi connectivity index (χ1) is 10.7. The van der Waals surface area contributed by atoms with Gasteiger partial charge in [-0.25, -0.2) is 4.79 Å². The molecule has 0 bridgehead atoms. The molecule has 2 heterocycles. The summed E-state index contributed by atoms with van der Waals surface area (Å²) in [5.74, 6) is -1.40. The lowest BCUT2D eigenvalue weighted by Gasteiger charge is -2.31. The average molecular weight is 334 g/mol. The third-order valence-electron chi connectivity index (χ3n) is 3.51. The van der Waals surface area contributed by atoms with Crippen LogP contribution in [0.1, 0.15) is 31.4 Å². The van der Waals surface area contributed by atoms with E-state index in [0.717, 1.165) is 4.57 Å². The maximum Gasteiger partial charge on any atom is 0.451 e. The predicted molar refractivity (Wildman–Crippen MR) is 71.9 cm³/mol. The second-order valence-corrected chi connectivity index (χ2v) is 5.20. The first-order valence-corrected chi connectivity index (χ1v) is 7.08. The van der Waals surface area contributed by atoms with E-state index in [0.29, 0.717) is 12.8 Å². The quantitative estimate of drug-likeness (QED) is 0.835. The summed E-state index contributed by atoms with van der Waals surface area (Å²) >= 11 is 0. The molecular weight excluding hydrogens is 317 g/mol. The van der Waals surface area contributed by atoms with Gasteiger partial charge in [0.25, 0.3) is 0 Å². The van der Waals surface area contributed by atoms with Gasteiger partial charge in [0.2, 0.25) is 11.7 Å². The number of fused-ring (bicyclic) bond motifs is 1. The molecule has 0 aliphatic carbocycles. The molecular formula is C12H17F3N6O2. The maximum absolute atomic E-state index is 12.8. The van der Waals surface area contributed by atoms with Crippen LogP contribution in [0, 0.1) is 0 Å². The van der Waals surface area contributed by atoms with Crippen LogP contribution in [0.5, 0.6) is 0 Å². The van der Waals surface area contributed by atoms with Crippen molar-refractivity contribution in [3.63, 3.8) is 0 Å². The molecule has 1 aliphatic heterocycles. The van der Waals surface area contributed by atoms with Crippen molar-refractivity contribution >= 4 is 11.9 Å². The highest BCUT2D eigenvalue weighted by Gasteiger charge is 2.40. The molecule has 2 rings (SSSR count). The van der Waals surface area contributed by atoms with Gasteiger partial charge in [0.1, 0.15) is 6.04 Å². The molecule has 1 atom stereocenters. The zero-order valence-electron chi connectivity index (χ0n) is 12.4. The van der Waals surface area contributed by atoms with Crippen molar-refractivity contribution in [3.8, 4) is 0 Å². The Kier molecular flexibility index (Phi) is 4.76. The van der Waals surface area contributed by atoms with Crippen LogP contribution in [0.3, 0.4) is 0 Å². The number of aromatic nitrogens is 3. The smallest absolute Gasteiger partial charge is 0.352 e. The van der Waals surface area contributed by atoms with Gasteiger partial charge in [-0.1, -0.05) is 13.3 Å². The lowest BCUT2D eigenvalue weighted by Crippen LogP contribution is -2.51. The average Bonchev–Trinajstić information content (AvgIpc) is 2.88. The number of nitrogens with zero attached hydrogens (tertiary/aromatic N) is 4. The van der Waals surface area contributed by atoms with Crippen LogP contribution in [-0.4, -0.2) is 44.2 Å². The summed E-state index contributed by atoms with van der Waals surface area (Å²) in [5, 5.41) is 9.02. The third-order valence-corrected chi connectivity index (χ3v) is 3.51. The number of primary amides is 1. The van der Waals surface area contributed by atoms with Crippen LogP contribution in [0.25, 0.3) is 0 Å². The second kappa shape index (κ2) is 6.42. The highest BCUT2D eigenvalue weighted by atomic mass is 19.4. The minimum absolute atomic E-state index is 0.0572. The van der Waals surface area contributed by atoms with E-state index in [1.165, 1.54) is 4.90 Å². The van der Waals surface area contributed by atoms with Gasteiger partial charge in [-0.05, 0) is 6.42 Å². The Hall–Kier alpha value is -2.33. The number of nitrogens with one attached hydrogen (secondary N) is 1. The van der Waals surface area contributed by atoms with E-state index in [1.54, 1.807) is 0 Å². The molecule has 1 aliphatic rings. The highest BCUT2D eigenvalue weighted by molar-refractivity contribution is 5.86. The van der Waals surface area contributed by atoms with Gasteiger partial charge in [-0.3, -0.25) is 4.79 Å². The largest absolute Gasteiger partial charge is 0.451 e. The van der Waals surface area contributed by atoms with Crippen molar-refractivity contribution < 1.29 is 22.8 Å². The first-order valence-electron chi connectivity index (χ1n) is 7.08. The van der Waals surface area contributed by atoms with Crippen LogP contribution in [0.15, 0.2) is 0 Å². The fraction of sp³-hybridized carbons (Fsp3) is 0.667. The van der Waals surface area contributed by atoms with Crippen LogP contribution in [0.2, 0.25) is 0 Å². The summed E-state index contributed by atoms with van der Waals surface area (Å²) < 4.78 is 39.3. The molecule has 3 N–H and O–H groups in total. The van der Waals surface area contributed by atoms with Gasteiger partial charge in [0, 0.05) is 13.1 Å². The standard InChI is InChI=1S/C12H17F3N6O2/c1-2-3-7(17-11(16)23)9(22)20-4-5-21-8(6-20)18-19-10(21)12(13,14)15/h7H,2-6H2,1H3,(H3,16,17,23)/t7-/m1/s1. The van der Waals surface area contributed by atoms with Gasteiger partial charge in [-0.2, -0.15) is 13.2 Å². The lowest BCUT2D eigenvalue weighted by atomic mass is 10.1. The summed E-state index contributed by atoms with van der Waals surface area (Å²) in [5.41, 5.74) is 5.05. The molecule has 0 spiro atoms. The summed E-state index contributed by atoms with van der Waals surface area (Å²) in [7, 11) is 0. The number of urea groups is 1. The van der Waals surface area contributed by atoms with Crippen molar-refractivity contribution in [3.05, 3.63) is 11.6 Å². The summed E-state index contributed by atoms with van der Waals surface area (Å²) in [6, 6.07) is -1.62. The van der Waals surface area contributed by atoms with E-state index in [9.17, 15) is 22.8 Å². The molecule has 0 unspecified atom stereocenters. The Bertz CT molecular complexity index is 600. The number of halogens is 3. The van der Waals surface area contributed by atoms with Gasteiger partial charge < -0.3 is 20.5 Å². The molecule has 8 nitrogen and oxygen atoms in total. The summed E-state index contributed by atoms with van der Waals surface area (Å²) in [6.45, 7) is 1.76. The summed E-state index contributed by atoms with van der Waals surface area (Å²) in [6.07, 6.45) is -3.56. The molecule has 0 aromatic carbocycles. The van der Waals surface area contributed by atoms with E-state index < -0.39 is 30.0 Å². The van der Waals surface area contributed by atoms with Crippen molar-refractivity contribution in [2.45, 2.75) is 45.1 Å². The third kappa shape index (κ3) is 3.71. The molecule has 0 saturated carbocycles. The van der Waals surface area contributed by atoms with Crippen LogP contribution < -0.4 is 11.1 Å². The number of amides is 3. The molecule has 1 aromatic rings. The number of carbonyl (C=O) groups excluding carboxylic acids is 2. The van der Waals surface area contributed by atoms with Crippen LogP contribution >= 0.6 is 0 Å². The first kappa shape index (κ1) is 17.0. The molecule has 128 valence electrons. The number of carbonyl (C=O) groups is 2. The minimum Gasteiger partial charge on any atom is -0.352 e. The fourth-order valence-electron chi connectivity index (χ4n) is 2.49. The Morgan fingerprint density at radius 3 is 2.61 bits per heavy atom. The molecule has 3 amide bonds. The van der Waals surface area contributed by atoms with Crippen LogP contribution in [0.4, 0.5) is 18.0 Å². The molecule has 0 radical (unpaired) electrons. The van der Waals surface area contributed by atoms with Crippen molar-refractivity contribution in [1.29, 1.82) is 0 Å². The van der Waals surface area contributed by atoms with E-state index in [2.05, 4.69) is 15.5 Å². The number of hydrogen-bond acceptors (Lipinski definition) is 4. The van der Waals surface area contributed by atoms with E-state index >= 15 is 0 Å².